The van der Waals surface area contributed by atoms with Crippen molar-refractivity contribution in [2.75, 3.05) is 13.2 Å². The maximum atomic E-state index is 12.9. The normalized spacial score (nSPS) is 13.2. The fourth-order valence-electron chi connectivity index (χ4n) is 7.45. The molecule has 1 unspecified atom stereocenters. The van der Waals surface area contributed by atoms with Crippen LogP contribution in [0.25, 0.3) is 0 Å². The molecule has 0 saturated heterocycles. The van der Waals surface area contributed by atoms with E-state index in [1.54, 1.807) is 0 Å². The van der Waals surface area contributed by atoms with Crippen LogP contribution in [0.4, 0.5) is 0 Å². The first-order valence-electron chi connectivity index (χ1n) is 29.3. The number of hydrogen-bond acceptors (Lipinski definition) is 6. The molecule has 1 atom stereocenters. The average molecular weight is 1010 g/mol. The lowest BCUT2D eigenvalue weighted by molar-refractivity contribution is -0.167. The number of hydrogen-bond donors (Lipinski definition) is 0. The van der Waals surface area contributed by atoms with Crippen molar-refractivity contribution in [3.63, 3.8) is 0 Å². The van der Waals surface area contributed by atoms with E-state index in [4.69, 9.17) is 14.2 Å². The van der Waals surface area contributed by atoms with Gasteiger partial charge in [-0.3, -0.25) is 14.4 Å². The standard InChI is InChI=1S/C67H106O6/c1-4-7-10-13-16-19-22-24-26-28-30-32-33-35-36-38-40-42-45-48-51-54-57-60-66(69)72-63-64(62-71-65(68)59-56-53-50-47-44-21-18-15-12-9-6-3)73-67(70)61-58-55-52-49-46-43-41-39-37-34-31-29-27-25-23-20-17-14-11-8-5-2/h7-8,10-11,15-20,24-27,30-32,34-36,39-42,64H,4-6,9,12-14,21-23,28-29,33,37-38,43-63H2,1-3H3/b10-7-,11-8-,18-15-,19-16-,20-17-,26-24-,27-25-,32-30-,34-31-,36-35-,41-39-,42-40-. The number of carbonyl (C=O) groups is 3. The Morgan fingerprint density at radius 1 is 0.288 bits per heavy atom. The van der Waals surface area contributed by atoms with Gasteiger partial charge in [0, 0.05) is 19.3 Å². The van der Waals surface area contributed by atoms with Crippen molar-refractivity contribution >= 4 is 17.9 Å². The molecule has 0 aliphatic carbocycles. The van der Waals surface area contributed by atoms with Gasteiger partial charge >= 0.3 is 17.9 Å². The first-order chi connectivity index (χ1) is 36.0. The van der Waals surface area contributed by atoms with Gasteiger partial charge in [0.05, 0.1) is 0 Å². The van der Waals surface area contributed by atoms with Crippen LogP contribution >= 0.6 is 0 Å². The third-order valence-electron chi connectivity index (χ3n) is 11.8. The first kappa shape index (κ1) is 68.3. The molecule has 0 rings (SSSR count). The predicted octanol–water partition coefficient (Wildman–Crippen LogP) is 20.0. The van der Waals surface area contributed by atoms with Crippen LogP contribution in [-0.4, -0.2) is 37.2 Å². The molecule has 0 aromatic rings. The Morgan fingerprint density at radius 3 is 0.849 bits per heavy atom. The molecule has 0 aliphatic rings. The maximum absolute atomic E-state index is 12.9. The second kappa shape index (κ2) is 59.8. The van der Waals surface area contributed by atoms with Gasteiger partial charge in [0.15, 0.2) is 6.10 Å². The van der Waals surface area contributed by atoms with E-state index in [1.165, 1.54) is 25.7 Å². The van der Waals surface area contributed by atoms with E-state index in [2.05, 4.69) is 167 Å². The number of allylic oxidation sites excluding steroid dienone is 24. The summed E-state index contributed by atoms with van der Waals surface area (Å²) < 4.78 is 16.8. The van der Waals surface area contributed by atoms with E-state index in [0.29, 0.717) is 19.3 Å². The van der Waals surface area contributed by atoms with Gasteiger partial charge in [0.25, 0.3) is 0 Å². The van der Waals surface area contributed by atoms with Crippen LogP contribution in [0.3, 0.4) is 0 Å². The highest BCUT2D eigenvalue weighted by Crippen LogP contribution is 2.13. The SMILES string of the molecule is CC/C=C\C/C=C\C/C=C\C/C=C\C/C=C\C/C=C\CCCCCCC(=O)OCC(COC(=O)CCCCCCC/C=C\CCCC)OC(=O)CCCCCCC/C=C\C/C=C\C/C=C\C/C=C\C/C=C\CC. The third kappa shape index (κ3) is 58.1. The minimum absolute atomic E-state index is 0.105. The summed E-state index contributed by atoms with van der Waals surface area (Å²) in [6.45, 7) is 6.32. The van der Waals surface area contributed by atoms with Crippen molar-refractivity contribution in [2.24, 2.45) is 0 Å². The Labute approximate surface area is 448 Å². The van der Waals surface area contributed by atoms with Crippen molar-refractivity contribution in [3.05, 3.63) is 146 Å². The minimum atomic E-state index is -0.810. The van der Waals surface area contributed by atoms with Crippen LogP contribution in [0, 0.1) is 0 Å². The molecule has 6 heteroatoms. The molecular weight excluding hydrogens is 901 g/mol. The molecule has 0 aliphatic heterocycles. The molecule has 0 radical (unpaired) electrons. The predicted molar refractivity (Wildman–Crippen MR) is 315 cm³/mol. The Balaban J connectivity index is 4.46. The van der Waals surface area contributed by atoms with E-state index in [-0.39, 0.29) is 31.1 Å². The van der Waals surface area contributed by atoms with Gasteiger partial charge in [-0.05, 0) is 135 Å². The number of rotatable bonds is 51. The smallest absolute Gasteiger partial charge is 0.306 e. The summed E-state index contributed by atoms with van der Waals surface area (Å²) in [5.41, 5.74) is 0. The summed E-state index contributed by atoms with van der Waals surface area (Å²) in [4.78, 5) is 38.2. The van der Waals surface area contributed by atoms with Crippen LogP contribution in [0.2, 0.25) is 0 Å². The number of esters is 3. The van der Waals surface area contributed by atoms with Gasteiger partial charge < -0.3 is 14.2 Å². The van der Waals surface area contributed by atoms with Crippen LogP contribution in [-0.2, 0) is 28.6 Å². The average Bonchev–Trinajstić information content (AvgIpc) is 3.39. The van der Waals surface area contributed by atoms with Crippen LogP contribution in [0.1, 0.15) is 239 Å². The second-order valence-corrected chi connectivity index (χ2v) is 18.8. The van der Waals surface area contributed by atoms with E-state index in [1.807, 2.05) is 0 Å². The largest absolute Gasteiger partial charge is 0.462 e. The molecule has 410 valence electrons. The zero-order chi connectivity index (χ0) is 52.9. The second-order valence-electron chi connectivity index (χ2n) is 18.8. The van der Waals surface area contributed by atoms with Gasteiger partial charge in [-0.15, -0.1) is 0 Å². The summed E-state index contributed by atoms with van der Waals surface area (Å²) in [5.74, 6) is -0.965. The molecule has 0 fully saturated rings. The van der Waals surface area contributed by atoms with E-state index < -0.39 is 6.10 Å². The molecule has 0 heterocycles. The van der Waals surface area contributed by atoms with Crippen molar-refractivity contribution in [2.45, 2.75) is 245 Å². The van der Waals surface area contributed by atoms with E-state index in [9.17, 15) is 14.4 Å². The molecule has 0 bridgehead atoms. The minimum Gasteiger partial charge on any atom is -0.462 e. The molecule has 0 aromatic heterocycles. The van der Waals surface area contributed by atoms with Crippen molar-refractivity contribution in [1.29, 1.82) is 0 Å². The zero-order valence-corrected chi connectivity index (χ0v) is 46.8. The van der Waals surface area contributed by atoms with Gasteiger partial charge in [-0.1, -0.05) is 231 Å². The summed E-state index contributed by atoms with van der Waals surface area (Å²) in [7, 11) is 0. The Hall–Kier alpha value is -4.71. The highest BCUT2D eigenvalue weighted by atomic mass is 16.6. The fourth-order valence-corrected chi connectivity index (χ4v) is 7.45. The molecule has 6 nitrogen and oxygen atoms in total. The van der Waals surface area contributed by atoms with Crippen molar-refractivity contribution in [3.8, 4) is 0 Å². The molecule has 0 aromatic carbocycles. The van der Waals surface area contributed by atoms with E-state index in [0.717, 1.165) is 173 Å². The molecule has 73 heavy (non-hydrogen) atoms. The van der Waals surface area contributed by atoms with E-state index >= 15 is 0 Å². The molecule has 0 saturated carbocycles. The molecular formula is C67H106O6. The first-order valence-corrected chi connectivity index (χ1v) is 29.3. The van der Waals surface area contributed by atoms with Crippen LogP contribution < -0.4 is 0 Å². The molecule has 0 amide bonds. The van der Waals surface area contributed by atoms with Crippen molar-refractivity contribution < 1.29 is 28.6 Å². The number of ether oxygens (including phenoxy) is 3. The van der Waals surface area contributed by atoms with Gasteiger partial charge in [-0.25, -0.2) is 0 Å². The Bertz CT molecular complexity index is 1630. The van der Waals surface area contributed by atoms with Crippen LogP contribution in [0.15, 0.2) is 146 Å². The highest BCUT2D eigenvalue weighted by molar-refractivity contribution is 5.71. The topological polar surface area (TPSA) is 78.9 Å². The summed E-state index contributed by atoms with van der Waals surface area (Å²) in [6.07, 6.45) is 85.5. The third-order valence-corrected chi connectivity index (χ3v) is 11.8. The lowest BCUT2D eigenvalue weighted by Crippen LogP contribution is -2.30. The molecule has 0 spiro atoms. The van der Waals surface area contributed by atoms with Gasteiger partial charge in [0.1, 0.15) is 13.2 Å². The quantitative estimate of drug-likeness (QED) is 0.0261. The molecule has 0 N–H and O–H groups in total. The number of unbranched alkanes of at least 4 members (excludes halogenated alkanes) is 16. The summed E-state index contributed by atoms with van der Waals surface area (Å²) >= 11 is 0. The maximum Gasteiger partial charge on any atom is 0.306 e. The van der Waals surface area contributed by atoms with Crippen molar-refractivity contribution in [1.82, 2.24) is 0 Å². The Morgan fingerprint density at radius 2 is 0.534 bits per heavy atom. The number of carbonyl (C=O) groups excluding carboxylic acids is 3. The lowest BCUT2D eigenvalue weighted by Gasteiger charge is -2.18. The summed E-state index contributed by atoms with van der Waals surface area (Å²) in [6, 6.07) is 0. The lowest BCUT2D eigenvalue weighted by atomic mass is 10.1. The van der Waals surface area contributed by atoms with Crippen LogP contribution in [0.5, 0.6) is 0 Å². The zero-order valence-electron chi connectivity index (χ0n) is 46.8. The Kier molecular flexibility index (Phi) is 56.0. The van der Waals surface area contributed by atoms with Gasteiger partial charge in [-0.2, -0.15) is 0 Å². The van der Waals surface area contributed by atoms with Gasteiger partial charge in [0.2, 0.25) is 0 Å². The fraction of sp³-hybridized carbons (Fsp3) is 0.597. The highest BCUT2D eigenvalue weighted by Gasteiger charge is 2.19. The monoisotopic (exact) mass is 1010 g/mol. The summed E-state index contributed by atoms with van der Waals surface area (Å²) in [5, 5.41) is 0.